The monoisotopic (exact) mass is 1590 g/mol. The molecule has 8 aliphatic rings. The van der Waals surface area contributed by atoms with Gasteiger partial charge in [-0.25, -0.2) is 15.0 Å². The number of furan rings is 3. The van der Waals surface area contributed by atoms with E-state index in [0.717, 1.165) is 91.6 Å². The quantitative estimate of drug-likeness (QED) is 0.165. The van der Waals surface area contributed by atoms with Crippen LogP contribution in [0.15, 0.2) is 141 Å². The maximum absolute atomic E-state index is 9.04. The molecule has 0 bridgehead atoms. The molecule has 5 saturated heterocycles. The Hall–Kier alpha value is -8.05. The van der Waals surface area contributed by atoms with Gasteiger partial charge in [0, 0.05) is 133 Å². The number of nitrogens with zero attached hydrogens (tertiary/aromatic N) is 8. The van der Waals surface area contributed by atoms with Crippen LogP contribution in [0, 0.1) is 75.5 Å². The highest BCUT2D eigenvalue weighted by atomic mass is 16.3. The molecule has 11 nitrogen and oxygen atoms in total. The van der Waals surface area contributed by atoms with E-state index in [1.807, 2.05) is 45.2 Å². The van der Waals surface area contributed by atoms with Gasteiger partial charge in [-0.3, -0.25) is 0 Å². The highest BCUT2D eigenvalue weighted by Crippen LogP contribution is 2.61. The first kappa shape index (κ1) is 71.8. The number of aromatic nitrogens is 3. The zero-order valence-electron chi connectivity index (χ0n) is 85.5. The van der Waals surface area contributed by atoms with E-state index in [9.17, 15) is 0 Å². The number of benzene rings is 5. The minimum Gasteiger partial charge on any atom is -0.436 e. The number of aryl methyl sites for hydroxylation is 7. The molecule has 8 fully saturated rings. The number of pyridine rings is 3. The van der Waals surface area contributed by atoms with E-state index in [1.165, 1.54) is 159 Å². The summed E-state index contributed by atoms with van der Waals surface area (Å²) in [6, 6.07) is 42.2. The topological polar surface area (TPSA) is 94.3 Å². The van der Waals surface area contributed by atoms with E-state index in [0.29, 0.717) is 34.6 Å². The fraction of sp³-hybridized carbons (Fsp3) is 0.575. The van der Waals surface area contributed by atoms with Crippen LogP contribution in [0.2, 0.25) is 0 Å². The zero-order valence-corrected chi connectivity index (χ0v) is 75.5. The molecular weight excluding hydrogens is 1430 g/mol. The van der Waals surface area contributed by atoms with Gasteiger partial charge in [-0.1, -0.05) is 158 Å². The van der Waals surface area contributed by atoms with Crippen molar-refractivity contribution in [3.8, 4) is 0 Å². The third-order valence-electron chi connectivity index (χ3n) is 30.1. The molecule has 3 aliphatic carbocycles. The van der Waals surface area contributed by atoms with Gasteiger partial charge in [0.25, 0.3) is 0 Å². The second-order valence-electron chi connectivity index (χ2n) is 41.1. The summed E-state index contributed by atoms with van der Waals surface area (Å²) in [6.07, 6.45) is 21.3. The van der Waals surface area contributed by atoms with Gasteiger partial charge in [0.15, 0.2) is 16.7 Å². The number of para-hydroxylation sites is 2. The largest absolute Gasteiger partial charge is 0.436 e. The lowest BCUT2D eigenvalue weighted by Gasteiger charge is -2.41. The van der Waals surface area contributed by atoms with Gasteiger partial charge in [0.05, 0.1) is 17.1 Å². The smallest absolute Gasteiger partial charge is 0.227 e. The molecule has 5 aliphatic heterocycles. The van der Waals surface area contributed by atoms with Crippen LogP contribution in [0.1, 0.15) is 313 Å². The molecule has 11 aromatic rings. The zero-order chi connectivity index (χ0) is 92.4. The maximum atomic E-state index is 9.04. The number of fused-ring (bicyclic) bond motifs is 9. The molecule has 3 saturated carbocycles. The van der Waals surface area contributed by atoms with Crippen LogP contribution in [0.25, 0.3) is 66.2 Å². The van der Waals surface area contributed by atoms with Crippen molar-refractivity contribution in [2.75, 3.05) is 24.5 Å². The van der Waals surface area contributed by atoms with Gasteiger partial charge in [-0.05, 0) is 326 Å². The second-order valence-corrected chi connectivity index (χ2v) is 41.1. The van der Waals surface area contributed by atoms with Crippen molar-refractivity contribution in [1.29, 1.82) is 0 Å². The van der Waals surface area contributed by atoms with E-state index in [2.05, 4.69) is 250 Å². The molecule has 5 atom stereocenters. The Kier molecular flexibility index (Phi) is 18.8. The van der Waals surface area contributed by atoms with Gasteiger partial charge >= 0.3 is 0 Å². The molecule has 6 aromatic heterocycles. The van der Waals surface area contributed by atoms with E-state index in [4.69, 9.17) is 27.0 Å². The first-order chi connectivity index (χ1) is 59.2. The normalized spacial score (nSPS) is 27.0. The number of anilines is 5. The molecular formula is C106H144N8O3. The minimum atomic E-state index is -3.00. The number of hydrogen-bond acceptors (Lipinski definition) is 11. The molecule has 5 aromatic carbocycles. The van der Waals surface area contributed by atoms with Crippen molar-refractivity contribution >= 4 is 94.6 Å². The van der Waals surface area contributed by atoms with Crippen molar-refractivity contribution in [3.63, 3.8) is 0 Å². The SMILES string of the molecule is Cc1ccc2c(n1)oc1c(N3C(C)C(C)(C)CC3(C)C)c(C)ccc12.Cc1ccc2c(n1)oc1c(N3C(C)C4(CCCCC4)CC3(C)C)c(C)ccc12.Cc1ccc2c(oc3ncccc32)c1N1C(C)C2(CCCCC2)CC1(C)C.[2H]C([2H])([2H])C1(C([2H])([2H])[2H])C(C)N(c2ccccc2C)C(C)(C)C1([2H])[2H].[2H]C1([2H])C2(CCCCC2)C(C)N(c2ccccc2C)C1(C)C. The first-order valence-corrected chi connectivity index (χ1v) is 44.6. The van der Waals surface area contributed by atoms with Gasteiger partial charge in [-0.2, -0.15) is 0 Å². The molecule has 0 radical (unpaired) electrons. The Balaban J connectivity index is 0.000000123. The van der Waals surface area contributed by atoms with E-state index in [1.54, 1.807) is 30.9 Å². The fourth-order valence-electron chi connectivity index (χ4n) is 24.9. The molecule has 11 heterocycles. The molecule has 0 N–H and O–H groups in total. The Labute approximate surface area is 717 Å². The lowest BCUT2D eigenvalue weighted by Crippen LogP contribution is -2.44. The molecule has 626 valence electrons. The molecule has 5 unspecified atom stereocenters. The van der Waals surface area contributed by atoms with Crippen molar-refractivity contribution in [3.05, 3.63) is 167 Å². The van der Waals surface area contributed by atoms with Gasteiger partial charge in [0.2, 0.25) is 17.1 Å². The average Bonchev–Trinajstić information content (AvgIpc) is 1.50. The Bertz CT molecular complexity index is 5910. The second kappa shape index (κ2) is 30.6. The van der Waals surface area contributed by atoms with Crippen LogP contribution in [0.3, 0.4) is 0 Å². The Morgan fingerprint density at radius 3 is 1.06 bits per heavy atom. The van der Waals surface area contributed by atoms with Crippen molar-refractivity contribution in [2.45, 2.75) is 366 Å². The van der Waals surface area contributed by atoms with Crippen LogP contribution in [-0.2, 0) is 0 Å². The number of rotatable bonds is 5. The number of hydrogen-bond donors (Lipinski definition) is 0. The minimum absolute atomic E-state index is 0.0876. The van der Waals surface area contributed by atoms with Gasteiger partial charge < -0.3 is 37.8 Å². The van der Waals surface area contributed by atoms with E-state index >= 15 is 0 Å². The summed E-state index contributed by atoms with van der Waals surface area (Å²) >= 11 is 0. The molecule has 0 amide bonds. The summed E-state index contributed by atoms with van der Waals surface area (Å²) in [6.45, 7) is 46.2. The average molecular weight is 1590 g/mol. The lowest BCUT2D eigenvalue weighted by molar-refractivity contribution is 0.170. The summed E-state index contributed by atoms with van der Waals surface area (Å²) in [5, 5.41) is 6.88. The summed E-state index contributed by atoms with van der Waals surface area (Å²) in [7, 11) is 0. The van der Waals surface area contributed by atoms with Crippen LogP contribution in [0.5, 0.6) is 0 Å². The molecule has 19 rings (SSSR count). The van der Waals surface area contributed by atoms with Crippen LogP contribution in [0.4, 0.5) is 28.4 Å². The third kappa shape index (κ3) is 14.8. The highest BCUT2D eigenvalue weighted by Gasteiger charge is 2.58. The summed E-state index contributed by atoms with van der Waals surface area (Å²) in [4.78, 5) is 25.7. The molecule has 117 heavy (non-hydrogen) atoms. The highest BCUT2D eigenvalue weighted by molar-refractivity contribution is 6.11. The Morgan fingerprint density at radius 1 is 0.325 bits per heavy atom. The summed E-state index contributed by atoms with van der Waals surface area (Å²) < 4.78 is 103. The first-order valence-electron chi connectivity index (χ1n) is 49.6. The van der Waals surface area contributed by atoms with Crippen molar-refractivity contribution < 1.29 is 27.0 Å². The molecule has 11 heteroatoms. The Morgan fingerprint density at radius 2 is 0.667 bits per heavy atom. The summed E-state index contributed by atoms with van der Waals surface area (Å²) in [5.41, 5.74) is 15.8. The standard InChI is InChI=1S/C25H32N2O.C24H30N2O.C22H28N2O.C19H29N.C16H25N/c1-16-9-11-19-20-12-10-17(2)26-23(20)28-22(19)21(16)27-18(3)25(15-24(27,4)5)13-7-6-8-14-25;1-16-10-11-18-19-9-8-14-25-22(19)27-21(18)20(16)26-17(2)24(15-23(26,3)4)12-6-5-7-13-24;1-13-8-10-16-17-11-9-14(2)23-20(17)25-19(16)18(13)24-15(3)21(4,5)12-22(24,6)7;1-15-10-6-7-11-17(15)20-16(2)19(14-18(20,3)4)12-8-5-9-13-19;1-12-9-7-8-10-14(12)17-13(2)15(3,4)11-16(17,5)6/h9-12,18H,6-8,13-15H2,1-5H3;8-11,14,17H,5-7,12-13,15H2,1-4H3;8-11,15H,12H2,1-7H3;6-7,10-11,16H,5,8-9,12-14H2,1-4H3;7-10,13H,11H2,1-6H3/i;;;14D2;3D3,4D3,11D2. The van der Waals surface area contributed by atoms with Crippen LogP contribution < -0.4 is 24.5 Å². The van der Waals surface area contributed by atoms with Crippen molar-refractivity contribution in [2.24, 2.45) is 27.1 Å². The predicted octanol–water partition coefficient (Wildman–Crippen LogP) is 29.3. The predicted molar refractivity (Wildman–Crippen MR) is 498 cm³/mol. The summed E-state index contributed by atoms with van der Waals surface area (Å²) in [5.74, 6) is 0. The maximum Gasteiger partial charge on any atom is 0.227 e. The molecule has 3 spiro atoms. The van der Waals surface area contributed by atoms with Gasteiger partial charge in [0.1, 0.15) is 0 Å². The van der Waals surface area contributed by atoms with Crippen molar-refractivity contribution in [1.82, 2.24) is 15.0 Å². The van der Waals surface area contributed by atoms with E-state index < -0.39 is 49.0 Å². The van der Waals surface area contributed by atoms with Crippen LogP contribution >= 0.6 is 0 Å². The van der Waals surface area contributed by atoms with Gasteiger partial charge in [-0.15, -0.1) is 0 Å². The fourth-order valence-corrected chi connectivity index (χ4v) is 24.9. The van der Waals surface area contributed by atoms with Crippen LogP contribution in [-0.4, -0.2) is 72.9 Å². The van der Waals surface area contributed by atoms with E-state index in [-0.39, 0.29) is 33.5 Å². The lowest BCUT2D eigenvalue weighted by atomic mass is 9.68. The third-order valence-corrected chi connectivity index (χ3v) is 30.1.